The Kier molecular flexibility index (Phi) is 7.16. The van der Waals surface area contributed by atoms with E-state index in [0.717, 1.165) is 5.56 Å². The van der Waals surface area contributed by atoms with Gasteiger partial charge >= 0.3 is 0 Å². The minimum Gasteiger partial charge on any atom is -0.325 e. The predicted octanol–water partition coefficient (Wildman–Crippen LogP) is 3.47. The van der Waals surface area contributed by atoms with Gasteiger partial charge in [0.1, 0.15) is 0 Å². The second-order valence-corrected chi connectivity index (χ2v) is 9.53. The summed E-state index contributed by atoms with van der Waals surface area (Å²) in [5.74, 6) is -0.389. The molecule has 0 saturated carbocycles. The number of anilines is 1. The van der Waals surface area contributed by atoms with Crippen LogP contribution in [0.1, 0.15) is 38.3 Å². The number of amides is 1. The van der Waals surface area contributed by atoms with Gasteiger partial charge in [-0.25, -0.2) is 13.1 Å². The Morgan fingerprint density at radius 2 is 1.59 bits per heavy atom. The van der Waals surface area contributed by atoms with Crippen molar-refractivity contribution in [3.05, 3.63) is 65.7 Å². The zero-order valence-corrected chi connectivity index (χ0v) is 17.0. The third kappa shape index (κ3) is 7.53. The Morgan fingerprint density at radius 1 is 0.963 bits per heavy atom. The molecule has 0 fully saturated rings. The molecule has 0 unspecified atom stereocenters. The van der Waals surface area contributed by atoms with Crippen molar-refractivity contribution in [3.8, 4) is 0 Å². The monoisotopic (exact) mass is 388 g/mol. The average Bonchev–Trinajstić information content (AvgIpc) is 2.61. The molecular formula is C21H28N2O3S. The molecule has 2 aromatic rings. The molecule has 0 spiro atoms. The Balaban J connectivity index is 1.76. The van der Waals surface area contributed by atoms with Crippen molar-refractivity contribution in [2.45, 2.75) is 39.0 Å². The summed E-state index contributed by atoms with van der Waals surface area (Å²) in [6.07, 6.45) is 1.20. The van der Waals surface area contributed by atoms with Crippen molar-refractivity contribution in [2.24, 2.45) is 0 Å². The third-order valence-electron chi connectivity index (χ3n) is 4.21. The molecule has 1 amide bonds. The normalized spacial score (nSPS) is 12.0. The number of benzene rings is 2. The van der Waals surface area contributed by atoms with E-state index in [1.165, 1.54) is 5.56 Å². The van der Waals surface area contributed by atoms with Gasteiger partial charge in [0.25, 0.3) is 0 Å². The van der Waals surface area contributed by atoms with Crippen LogP contribution in [0.5, 0.6) is 0 Å². The van der Waals surface area contributed by atoms with Crippen molar-refractivity contribution >= 4 is 21.6 Å². The number of nitrogens with one attached hydrogen (secondary N) is 2. The first-order valence-corrected chi connectivity index (χ1v) is 10.7. The van der Waals surface area contributed by atoms with Gasteiger partial charge < -0.3 is 5.32 Å². The maximum absolute atomic E-state index is 12.0. The molecule has 0 aliphatic rings. The fraction of sp³-hybridized carbons (Fsp3) is 0.381. The van der Waals surface area contributed by atoms with E-state index in [4.69, 9.17) is 0 Å². The summed E-state index contributed by atoms with van der Waals surface area (Å²) in [5, 5.41) is 2.71. The highest BCUT2D eigenvalue weighted by atomic mass is 32.2. The lowest BCUT2D eigenvalue weighted by molar-refractivity contribution is -0.115. The van der Waals surface area contributed by atoms with Gasteiger partial charge in [0.15, 0.2) is 0 Å². The van der Waals surface area contributed by atoms with Crippen LogP contribution in [0, 0.1) is 0 Å². The maximum atomic E-state index is 12.0. The third-order valence-corrected chi connectivity index (χ3v) is 5.62. The van der Waals surface area contributed by atoms with Crippen LogP contribution < -0.4 is 10.0 Å². The molecule has 0 saturated heterocycles. The van der Waals surface area contributed by atoms with Crippen LogP contribution in [-0.4, -0.2) is 26.6 Å². The van der Waals surface area contributed by atoms with E-state index in [1.54, 1.807) is 0 Å². The highest BCUT2D eigenvalue weighted by molar-refractivity contribution is 7.89. The highest BCUT2D eigenvalue weighted by Gasteiger charge is 2.14. The Morgan fingerprint density at radius 3 is 2.19 bits per heavy atom. The van der Waals surface area contributed by atoms with Crippen molar-refractivity contribution in [2.75, 3.05) is 17.6 Å². The van der Waals surface area contributed by atoms with Crippen molar-refractivity contribution < 1.29 is 13.2 Å². The van der Waals surface area contributed by atoms with E-state index in [-0.39, 0.29) is 23.6 Å². The number of hydrogen-bond acceptors (Lipinski definition) is 3. The highest BCUT2D eigenvalue weighted by Crippen LogP contribution is 2.23. The van der Waals surface area contributed by atoms with Crippen LogP contribution in [0.25, 0.3) is 0 Å². The van der Waals surface area contributed by atoms with Gasteiger partial charge in [-0.15, -0.1) is 0 Å². The quantitative estimate of drug-likeness (QED) is 0.727. The van der Waals surface area contributed by atoms with Gasteiger partial charge in [-0.2, -0.15) is 0 Å². The molecule has 0 radical (unpaired) electrons. The average molecular weight is 389 g/mol. The summed E-state index contributed by atoms with van der Waals surface area (Å²) >= 11 is 0. The SMILES string of the molecule is CC(C)(C)c1ccc(NC(=O)CNS(=O)(=O)CCCc2ccccc2)cc1. The molecule has 27 heavy (non-hydrogen) atoms. The molecule has 0 bridgehead atoms. The smallest absolute Gasteiger partial charge is 0.239 e. The summed E-state index contributed by atoms with van der Waals surface area (Å²) in [5.41, 5.74) is 2.96. The topological polar surface area (TPSA) is 75.3 Å². The maximum Gasteiger partial charge on any atom is 0.239 e. The molecule has 6 heteroatoms. The first kappa shape index (κ1) is 21.1. The number of rotatable bonds is 8. The molecule has 0 heterocycles. The fourth-order valence-electron chi connectivity index (χ4n) is 2.62. The van der Waals surface area contributed by atoms with Crippen LogP contribution in [0.15, 0.2) is 54.6 Å². The van der Waals surface area contributed by atoms with E-state index in [0.29, 0.717) is 18.5 Å². The Hall–Kier alpha value is -2.18. The minimum absolute atomic E-state index is 0.00451. The van der Waals surface area contributed by atoms with Crippen molar-refractivity contribution in [3.63, 3.8) is 0 Å². The summed E-state index contributed by atoms with van der Waals surface area (Å²) < 4.78 is 26.4. The van der Waals surface area contributed by atoms with E-state index in [2.05, 4.69) is 30.8 Å². The summed E-state index contributed by atoms with van der Waals surface area (Å²) in [6.45, 7) is 6.09. The van der Waals surface area contributed by atoms with Crippen molar-refractivity contribution in [1.82, 2.24) is 4.72 Å². The molecule has 146 valence electrons. The van der Waals surface area contributed by atoms with E-state index >= 15 is 0 Å². The van der Waals surface area contributed by atoms with E-state index < -0.39 is 10.0 Å². The first-order chi connectivity index (χ1) is 12.7. The molecule has 2 aromatic carbocycles. The lowest BCUT2D eigenvalue weighted by atomic mass is 9.87. The molecule has 5 nitrogen and oxygen atoms in total. The van der Waals surface area contributed by atoms with Crippen LogP contribution in [-0.2, 0) is 26.7 Å². The number of sulfonamides is 1. The molecule has 0 aliphatic carbocycles. The lowest BCUT2D eigenvalue weighted by Gasteiger charge is -2.19. The van der Waals surface area contributed by atoms with E-state index in [9.17, 15) is 13.2 Å². The van der Waals surface area contributed by atoms with Crippen molar-refractivity contribution in [1.29, 1.82) is 0 Å². The molecule has 0 aliphatic heterocycles. The van der Waals surface area contributed by atoms with Gasteiger partial charge in [0.2, 0.25) is 15.9 Å². The number of aryl methyl sites for hydroxylation is 1. The molecule has 0 atom stereocenters. The molecule has 2 N–H and O–H groups in total. The minimum atomic E-state index is -3.48. The van der Waals surface area contributed by atoms with Gasteiger partial charge in [-0.1, -0.05) is 63.2 Å². The van der Waals surface area contributed by atoms with Crippen LogP contribution in [0.3, 0.4) is 0 Å². The number of carbonyl (C=O) groups excluding carboxylic acids is 1. The molecule has 2 rings (SSSR count). The zero-order valence-electron chi connectivity index (χ0n) is 16.2. The second kappa shape index (κ2) is 9.15. The standard InChI is InChI=1S/C21H28N2O3S/c1-21(2,3)18-11-13-19(14-12-18)23-20(24)16-22-27(25,26)15-7-10-17-8-5-4-6-9-17/h4-6,8-9,11-14,22H,7,10,15-16H2,1-3H3,(H,23,24). The second-order valence-electron chi connectivity index (χ2n) is 7.60. The zero-order chi connectivity index (χ0) is 19.9. The Labute approximate surface area is 162 Å². The molecule has 0 aromatic heterocycles. The predicted molar refractivity (Wildman–Crippen MR) is 110 cm³/mol. The summed E-state index contributed by atoms with van der Waals surface area (Å²) in [7, 11) is -3.48. The van der Waals surface area contributed by atoms with Gasteiger partial charge in [-0.3, -0.25) is 4.79 Å². The Bertz CT molecular complexity index is 839. The first-order valence-electron chi connectivity index (χ1n) is 9.07. The number of carbonyl (C=O) groups is 1. The van der Waals surface area contributed by atoms with E-state index in [1.807, 2.05) is 54.6 Å². The summed E-state index contributed by atoms with van der Waals surface area (Å²) in [6, 6.07) is 17.3. The molecular weight excluding hydrogens is 360 g/mol. The fourth-order valence-corrected chi connectivity index (χ4v) is 3.64. The largest absolute Gasteiger partial charge is 0.325 e. The van der Waals surface area contributed by atoms with Crippen LogP contribution >= 0.6 is 0 Å². The van der Waals surface area contributed by atoms with Crippen LogP contribution in [0.4, 0.5) is 5.69 Å². The number of hydrogen-bond donors (Lipinski definition) is 2. The lowest BCUT2D eigenvalue weighted by Crippen LogP contribution is -2.34. The summed E-state index contributed by atoms with van der Waals surface area (Å²) in [4.78, 5) is 12.0. The van der Waals surface area contributed by atoms with Gasteiger partial charge in [0.05, 0.1) is 12.3 Å². The van der Waals surface area contributed by atoms with Crippen LogP contribution in [0.2, 0.25) is 0 Å². The van der Waals surface area contributed by atoms with Gasteiger partial charge in [-0.05, 0) is 41.5 Å². The van der Waals surface area contributed by atoms with Gasteiger partial charge in [0, 0.05) is 5.69 Å².